The van der Waals surface area contributed by atoms with Crippen LogP contribution in [0.15, 0.2) is 12.1 Å². The van der Waals surface area contributed by atoms with Crippen LogP contribution in [0.3, 0.4) is 0 Å². The largest absolute Gasteiger partial charge is 0.491 e. The predicted molar refractivity (Wildman–Crippen MR) is 75.2 cm³/mol. The van der Waals surface area contributed by atoms with Crippen molar-refractivity contribution in [2.45, 2.75) is 26.3 Å². The fraction of sp³-hybridized carbons (Fsp3) is 0.385. The molecule has 6 heteroatoms. The molecule has 0 aliphatic rings. The molecule has 0 radical (unpaired) electrons. The summed E-state index contributed by atoms with van der Waals surface area (Å²) in [6.45, 7) is 3.89. The average Bonchev–Trinajstić information content (AvgIpc) is 2.30. The molecule has 4 nitrogen and oxygen atoms in total. The maximum absolute atomic E-state index is 11.4. The number of hydrogen-bond donors (Lipinski definition) is 1. The number of nitrogens with one attached hydrogen (secondary N) is 1. The van der Waals surface area contributed by atoms with Crippen molar-refractivity contribution in [2.75, 3.05) is 6.61 Å². The van der Waals surface area contributed by atoms with E-state index in [0.717, 1.165) is 0 Å². The second kappa shape index (κ2) is 7.36. The monoisotopic (exact) mass is 303 g/mol. The highest BCUT2D eigenvalue weighted by Crippen LogP contribution is 2.31. The minimum absolute atomic E-state index is 0.0807. The summed E-state index contributed by atoms with van der Waals surface area (Å²) in [4.78, 5) is 22.3. The van der Waals surface area contributed by atoms with Crippen molar-refractivity contribution in [3.63, 3.8) is 0 Å². The van der Waals surface area contributed by atoms with Gasteiger partial charge in [0, 0.05) is 11.1 Å². The third-order valence-electron chi connectivity index (χ3n) is 2.19. The van der Waals surface area contributed by atoms with Crippen LogP contribution in [0.25, 0.3) is 0 Å². The Hall–Kier alpha value is -1.26. The van der Waals surface area contributed by atoms with E-state index in [0.29, 0.717) is 11.3 Å². The number of benzene rings is 1. The first kappa shape index (κ1) is 15.8. The number of halogens is 2. The third-order valence-corrected chi connectivity index (χ3v) is 2.69. The quantitative estimate of drug-likeness (QED) is 0.822. The van der Waals surface area contributed by atoms with E-state index in [-0.39, 0.29) is 41.3 Å². The molecule has 0 spiro atoms. The lowest BCUT2D eigenvalue weighted by Crippen LogP contribution is -2.31. The van der Waals surface area contributed by atoms with Crippen LogP contribution in [0.2, 0.25) is 10.0 Å². The summed E-state index contributed by atoms with van der Waals surface area (Å²) in [6, 6.07) is 3.03. The normalized spacial score (nSPS) is 10.4. The first-order valence-corrected chi connectivity index (χ1v) is 6.56. The van der Waals surface area contributed by atoms with E-state index in [1.165, 1.54) is 12.1 Å². The number of carbonyl (C=O) groups is 2. The van der Waals surface area contributed by atoms with Crippen LogP contribution in [-0.4, -0.2) is 24.8 Å². The summed E-state index contributed by atoms with van der Waals surface area (Å²) >= 11 is 11.7. The predicted octanol–water partition coefficient (Wildman–Crippen LogP) is 3.10. The van der Waals surface area contributed by atoms with Gasteiger partial charge in [-0.2, -0.15) is 0 Å². The number of hydrogen-bond acceptors (Lipinski definition) is 3. The van der Waals surface area contributed by atoms with Gasteiger partial charge in [0.25, 0.3) is 0 Å². The molecule has 19 heavy (non-hydrogen) atoms. The molecule has 1 N–H and O–H groups in total. The summed E-state index contributed by atoms with van der Waals surface area (Å²) in [5.74, 6) is 0.131. The Bertz CT molecular complexity index is 475. The summed E-state index contributed by atoms with van der Waals surface area (Å²) in [7, 11) is 0. The number of aldehydes is 1. The molecular formula is C13H15Cl2NO3. The number of carbonyl (C=O) groups excluding carboxylic acids is 2. The second-order valence-corrected chi connectivity index (χ2v) is 5.09. The molecule has 0 atom stereocenters. The van der Waals surface area contributed by atoms with Gasteiger partial charge in [-0.15, -0.1) is 0 Å². The highest BCUT2D eigenvalue weighted by Gasteiger charge is 2.11. The van der Waals surface area contributed by atoms with Crippen LogP contribution in [0, 0.1) is 0 Å². The molecule has 0 aromatic heterocycles. The molecule has 0 fully saturated rings. The van der Waals surface area contributed by atoms with E-state index < -0.39 is 0 Å². The SMILES string of the molecule is CC(C)NC(=O)CCOc1c(Cl)cc(Cl)cc1C=O. The molecule has 1 aromatic carbocycles. The Balaban J connectivity index is 2.63. The van der Waals surface area contributed by atoms with Crippen molar-refractivity contribution in [3.8, 4) is 5.75 Å². The fourth-order valence-corrected chi connectivity index (χ4v) is 2.02. The molecule has 0 saturated carbocycles. The highest BCUT2D eigenvalue weighted by atomic mass is 35.5. The van der Waals surface area contributed by atoms with E-state index in [9.17, 15) is 9.59 Å². The van der Waals surface area contributed by atoms with Gasteiger partial charge in [-0.05, 0) is 26.0 Å². The molecule has 1 aromatic rings. The van der Waals surface area contributed by atoms with Gasteiger partial charge in [-0.25, -0.2) is 0 Å². The second-order valence-electron chi connectivity index (χ2n) is 4.24. The molecule has 0 aliphatic heterocycles. The lowest BCUT2D eigenvalue weighted by Gasteiger charge is -2.12. The van der Waals surface area contributed by atoms with Gasteiger partial charge in [0.15, 0.2) is 6.29 Å². The Morgan fingerprint density at radius 3 is 2.68 bits per heavy atom. The van der Waals surface area contributed by atoms with Crippen molar-refractivity contribution in [1.29, 1.82) is 0 Å². The summed E-state index contributed by atoms with van der Waals surface area (Å²) in [5, 5.41) is 3.35. The van der Waals surface area contributed by atoms with Gasteiger partial charge < -0.3 is 10.1 Å². The van der Waals surface area contributed by atoms with Gasteiger partial charge in [0.05, 0.1) is 23.6 Å². The van der Waals surface area contributed by atoms with Crippen molar-refractivity contribution in [3.05, 3.63) is 27.7 Å². The first-order valence-electron chi connectivity index (χ1n) is 5.80. The zero-order valence-electron chi connectivity index (χ0n) is 10.7. The van der Waals surface area contributed by atoms with Gasteiger partial charge in [0.2, 0.25) is 5.91 Å². The molecule has 0 bridgehead atoms. The van der Waals surface area contributed by atoms with Crippen molar-refractivity contribution in [2.24, 2.45) is 0 Å². The van der Waals surface area contributed by atoms with Crippen LogP contribution < -0.4 is 10.1 Å². The molecule has 0 aliphatic carbocycles. The highest BCUT2D eigenvalue weighted by molar-refractivity contribution is 6.36. The van der Waals surface area contributed by atoms with Crippen LogP contribution in [0.5, 0.6) is 5.75 Å². The molecular weight excluding hydrogens is 289 g/mol. The number of amides is 1. The van der Waals surface area contributed by atoms with Gasteiger partial charge in [0.1, 0.15) is 5.75 Å². The molecule has 0 heterocycles. The van der Waals surface area contributed by atoms with Crippen molar-refractivity contribution < 1.29 is 14.3 Å². The van der Waals surface area contributed by atoms with E-state index in [4.69, 9.17) is 27.9 Å². The molecule has 0 unspecified atom stereocenters. The molecule has 104 valence electrons. The topological polar surface area (TPSA) is 55.4 Å². The number of ether oxygens (including phenoxy) is 1. The van der Waals surface area contributed by atoms with E-state index in [1.807, 2.05) is 13.8 Å². The molecule has 0 saturated heterocycles. The van der Waals surface area contributed by atoms with Gasteiger partial charge >= 0.3 is 0 Å². The van der Waals surface area contributed by atoms with Gasteiger partial charge in [-0.3, -0.25) is 9.59 Å². The first-order chi connectivity index (χ1) is 8.93. The Kier molecular flexibility index (Phi) is 6.12. The number of rotatable bonds is 6. The van der Waals surface area contributed by atoms with Crippen LogP contribution in [0.4, 0.5) is 0 Å². The van der Waals surface area contributed by atoms with Crippen LogP contribution >= 0.6 is 23.2 Å². The van der Waals surface area contributed by atoms with Crippen molar-refractivity contribution >= 4 is 35.4 Å². The summed E-state index contributed by atoms with van der Waals surface area (Å²) in [5.41, 5.74) is 0.266. The van der Waals surface area contributed by atoms with Crippen LogP contribution in [-0.2, 0) is 4.79 Å². The maximum atomic E-state index is 11.4. The van der Waals surface area contributed by atoms with E-state index >= 15 is 0 Å². The minimum atomic E-state index is -0.118. The standard InChI is InChI=1S/C13H15Cl2NO3/c1-8(2)16-12(18)3-4-19-13-9(7-17)5-10(14)6-11(13)15/h5-8H,3-4H2,1-2H3,(H,16,18). The average molecular weight is 304 g/mol. The Labute approximate surface area is 122 Å². The lowest BCUT2D eigenvalue weighted by atomic mass is 10.2. The summed E-state index contributed by atoms with van der Waals surface area (Å²) in [6.07, 6.45) is 0.802. The summed E-state index contributed by atoms with van der Waals surface area (Å²) < 4.78 is 5.38. The van der Waals surface area contributed by atoms with Gasteiger partial charge in [-0.1, -0.05) is 23.2 Å². The third kappa shape index (κ3) is 5.09. The maximum Gasteiger partial charge on any atom is 0.223 e. The molecule has 1 rings (SSSR count). The Morgan fingerprint density at radius 2 is 2.11 bits per heavy atom. The lowest BCUT2D eigenvalue weighted by molar-refractivity contribution is -0.122. The zero-order valence-corrected chi connectivity index (χ0v) is 12.2. The van der Waals surface area contributed by atoms with E-state index in [2.05, 4.69) is 5.32 Å². The smallest absolute Gasteiger partial charge is 0.223 e. The van der Waals surface area contributed by atoms with Crippen molar-refractivity contribution in [1.82, 2.24) is 5.32 Å². The van der Waals surface area contributed by atoms with Crippen LogP contribution in [0.1, 0.15) is 30.6 Å². The minimum Gasteiger partial charge on any atom is -0.491 e. The van der Waals surface area contributed by atoms with E-state index in [1.54, 1.807) is 0 Å². The fourth-order valence-electron chi connectivity index (χ4n) is 1.46. The zero-order chi connectivity index (χ0) is 14.4. The Morgan fingerprint density at radius 1 is 1.42 bits per heavy atom. The molecule has 1 amide bonds.